The molecule has 0 saturated heterocycles. The molecule has 0 unspecified atom stereocenters. The van der Waals surface area contributed by atoms with Gasteiger partial charge in [-0.05, 0) is 11.6 Å². The molecule has 0 aliphatic heterocycles. The molecular formula is C20H17N5O. The van der Waals surface area contributed by atoms with Crippen molar-refractivity contribution in [3.63, 3.8) is 0 Å². The Morgan fingerprint density at radius 2 is 1.96 bits per heavy atom. The van der Waals surface area contributed by atoms with Gasteiger partial charge in [0.1, 0.15) is 24.5 Å². The highest BCUT2D eigenvalue weighted by Gasteiger charge is 2.14. The Morgan fingerprint density at radius 3 is 2.77 bits per heavy atom. The predicted molar refractivity (Wildman–Crippen MR) is 102 cm³/mol. The number of fused-ring (bicyclic) bond motifs is 1. The van der Waals surface area contributed by atoms with Gasteiger partial charge >= 0.3 is 0 Å². The minimum atomic E-state index is 0.387. The van der Waals surface area contributed by atoms with E-state index in [1.165, 1.54) is 6.33 Å². The summed E-state index contributed by atoms with van der Waals surface area (Å²) in [7, 11) is 0. The smallest absolute Gasteiger partial charge is 0.186 e. The minimum Gasteiger partial charge on any atom is -0.488 e. The van der Waals surface area contributed by atoms with Gasteiger partial charge in [0, 0.05) is 11.1 Å². The summed E-state index contributed by atoms with van der Waals surface area (Å²) in [6.07, 6.45) is 3.17. The van der Waals surface area contributed by atoms with E-state index >= 15 is 0 Å². The van der Waals surface area contributed by atoms with Crippen LogP contribution in [-0.4, -0.2) is 20.2 Å². The van der Waals surface area contributed by atoms with Crippen LogP contribution in [-0.2, 0) is 6.61 Å². The molecule has 0 amide bonds. The van der Waals surface area contributed by atoms with Gasteiger partial charge in [0.15, 0.2) is 5.65 Å². The fraction of sp³-hybridized carbons (Fsp3) is 0.0500. The number of nitrogens with one attached hydrogen (secondary N) is 1. The van der Waals surface area contributed by atoms with Crippen LogP contribution in [0, 0.1) is 0 Å². The number of hydrogen-bond donors (Lipinski definition) is 2. The van der Waals surface area contributed by atoms with Crippen molar-refractivity contribution in [1.29, 1.82) is 0 Å². The molecule has 26 heavy (non-hydrogen) atoms. The van der Waals surface area contributed by atoms with Crippen molar-refractivity contribution in [3.05, 3.63) is 72.6 Å². The van der Waals surface area contributed by atoms with E-state index in [9.17, 15) is 0 Å². The van der Waals surface area contributed by atoms with Crippen molar-refractivity contribution in [1.82, 2.24) is 20.2 Å². The normalized spacial score (nSPS) is 10.8. The van der Waals surface area contributed by atoms with Crippen LogP contribution in [0.4, 0.5) is 5.82 Å². The van der Waals surface area contributed by atoms with Crippen LogP contribution in [0.2, 0.25) is 0 Å². The Hall–Kier alpha value is -3.67. The fourth-order valence-electron chi connectivity index (χ4n) is 2.81. The number of H-pyrrole nitrogens is 1. The van der Waals surface area contributed by atoms with Crippen LogP contribution in [0.25, 0.3) is 28.4 Å². The van der Waals surface area contributed by atoms with Crippen LogP contribution in [0.3, 0.4) is 0 Å². The van der Waals surface area contributed by atoms with Gasteiger partial charge in [0.2, 0.25) is 0 Å². The molecule has 2 heterocycles. The van der Waals surface area contributed by atoms with Crippen LogP contribution in [0.15, 0.2) is 61.4 Å². The molecular weight excluding hydrogens is 326 g/mol. The molecule has 4 aromatic rings. The predicted octanol–water partition coefficient (Wildman–Crippen LogP) is 3.82. The largest absolute Gasteiger partial charge is 0.488 e. The van der Waals surface area contributed by atoms with E-state index in [0.29, 0.717) is 23.5 Å². The lowest BCUT2D eigenvalue weighted by atomic mass is 10.1. The molecule has 0 saturated carbocycles. The Kier molecular flexibility index (Phi) is 4.07. The van der Waals surface area contributed by atoms with Gasteiger partial charge in [-0.1, -0.05) is 55.1 Å². The first-order valence-corrected chi connectivity index (χ1v) is 8.14. The van der Waals surface area contributed by atoms with Crippen molar-refractivity contribution < 1.29 is 4.74 Å². The fourth-order valence-corrected chi connectivity index (χ4v) is 2.81. The molecule has 2 aromatic heterocycles. The van der Waals surface area contributed by atoms with E-state index in [0.717, 1.165) is 28.1 Å². The number of anilines is 1. The molecule has 3 N–H and O–H groups in total. The number of nitrogen functional groups attached to an aromatic ring is 1. The third kappa shape index (κ3) is 2.88. The molecule has 4 rings (SSSR count). The van der Waals surface area contributed by atoms with Crippen molar-refractivity contribution in [2.75, 3.05) is 5.73 Å². The third-order valence-corrected chi connectivity index (χ3v) is 4.14. The summed E-state index contributed by atoms with van der Waals surface area (Å²) in [5.74, 6) is 1.12. The standard InChI is InChI=1S/C20H17N5O/c1-2-14-8-9-15(10-16(14)26-11-13-6-4-3-5-7-13)18-17-19(21)22-12-23-20(17)25-24-18/h2-10,12H,1,11H2,(H3,21,22,23,24,25). The molecule has 0 atom stereocenters. The molecule has 0 bridgehead atoms. The van der Waals surface area contributed by atoms with Crippen LogP contribution in [0.5, 0.6) is 5.75 Å². The summed E-state index contributed by atoms with van der Waals surface area (Å²) in [6.45, 7) is 4.34. The van der Waals surface area contributed by atoms with Gasteiger partial charge in [-0.15, -0.1) is 0 Å². The Labute approximate surface area is 150 Å². The third-order valence-electron chi connectivity index (χ3n) is 4.14. The second-order valence-corrected chi connectivity index (χ2v) is 5.79. The number of rotatable bonds is 5. The maximum absolute atomic E-state index is 6.03. The Morgan fingerprint density at radius 1 is 1.12 bits per heavy atom. The lowest BCUT2D eigenvalue weighted by Crippen LogP contribution is -1.97. The molecule has 6 nitrogen and oxygen atoms in total. The average molecular weight is 343 g/mol. The zero-order valence-electron chi connectivity index (χ0n) is 14.0. The summed E-state index contributed by atoms with van der Waals surface area (Å²) in [5.41, 5.74) is 10.2. The van der Waals surface area contributed by atoms with Crippen molar-refractivity contribution in [2.45, 2.75) is 6.61 Å². The first-order valence-electron chi connectivity index (χ1n) is 8.14. The van der Waals surface area contributed by atoms with Gasteiger partial charge < -0.3 is 10.5 Å². The van der Waals surface area contributed by atoms with Crippen LogP contribution >= 0.6 is 0 Å². The molecule has 0 fully saturated rings. The van der Waals surface area contributed by atoms with Gasteiger partial charge in [-0.25, -0.2) is 9.97 Å². The summed E-state index contributed by atoms with van der Waals surface area (Å²) in [5, 5.41) is 7.90. The second kappa shape index (κ2) is 6.68. The zero-order chi connectivity index (χ0) is 17.9. The van der Waals surface area contributed by atoms with Crippen LogP contribution < -0.4 is 10.5 Å². The van der Waals surface area contributed by atoms with E-state index in [4.69, 9.17) is 10.5 Å². The number of benzene rings is 2. The van der Waals surface area contributed by atoms with Gasteiger partial charge in [-0.3, -0.25) is 5.10 Å². The topological polar surface area (TPSA) is 89.7 Å². The van der Waals surface area contributed by atoms with E-state index in [2.05, 4.69) is 26.7 Å². The number of aromatic amines is 1. The van der Waals surface area contributed by atoms with E-state index in [1.807, 2.05) is 48.5 Å². The van der Waals surface area contributed by atoms with Crippen molar-refractivity contribution in [3.8, 4) is 17.0 Å². The number of hydrogen-bond acceptors (Lipinski definition) is 5. The first-order chi connectivity index (χ1) is 12.8. The summed E-state index contributed by atoms with van der Waals surface area (Å²) >= 11 is 0. The lowest BCUT2D eigenvalue weighted by molar-refractivity contribution is 0.305. The number of nitrogens with zero attached hydrogens (tertiary/aromatic N) is 3. The second-order valence-electron chi connectivity index (χ2n) is 5.79. The molecule has 128 valence electrons. The Balaban J connectivity index is 1.72. The van der Waals surface area contributed by atoms with Crippen LogP contribution in [0.1, 0.15) is 11.1 Å². The highest BCUT2D eigenvalue weighted by atomic mass is 16.5. The van der Waals surface area contributed by atoms with E-state index in [1.54, 1.807) is 6.08 Å². The lowest BCUT2D eigenvalue weighted by Gasteiger charge is -2.11. The summed E-state index contributed by atoms with van der Waals surface area (Å²) in [4.78, 5) is 8.20. The summed E-state index contributed by atoms with van der Waals surface area (Å²) < 4.78 is 6.03. The van der Waals surface area contributed by atoms with E-state index < -0.39 is 0 Å². The maximum Gasteiger partial charge on any atom is 0.186 e. The molecule has 0 radical (unpaired) electrons. The Bertz CT molecular complexity index is 1070. The van der Waals surface area contributed by atoms with Gasteiger partial charge in [0.25, 0.3) is 0 Å². The zero-order valence-corrected chi connectivity index (χ0v) is 14.0. The van der Waals surface area contributed by atoms with Gasteiger partial charge in [0.05, 0.1) is 11.1 Å². The maximum atomic E-state index is 6.03. The minimum absolute atomic E-state index is 0.387. The highest BCUT2D eigenvalue weighted by molar-refractivity contribution is 5.98. The molecule has 6 heteroatoms. The van der Waals surface area contributed by atoms with Crippen molar-refractivity contribution >= 4 is 22.9 Å². The number of aromatic nitrogens is 4. The quantitative estimate of drug-likeness (QED) is 0.575. The average Bonchev–Trinajstić information content (AvgIpc) is 3.12. The first kappa shape index (κ1) is 15.8. The highest BCUT2D eigenvalue weighted by Crippen LogP contribution is 2.32. The SMILES string of the molecule is C=Cc1ccc(-c2[nH]nc3ncnc(N)c23)cc1OCc1ccccc1. The molecule has 0 aliphatic carbocycles. The summed E-state index contributed by atoms with van der Waals surface area (Å²) in [6, 6.07) is 15.9. The van der Waals surface area contributed by atoms with E-state index in [-0.39, 0.29) is 0 Å². The molecule has 0 aliphatic rings. The number of ether oxygens (including phenoxy) is 1. The monoisotopic (exact) mass is 343 g/mol. The number of nitrogens with two attached hydrogens (primary N) is 1. The van der Waals surface area contributed by atoms with Crippen molar-refractivity contribution in [2.24, 2.45) is 0 Å². The van der Waals surface area contributed by atoms with Gasteiger partial charge in [-0.2, -0.15) is 5.10 Å². The molecule has 2 aromatic carbocycles. The molecule has 0 spiro atoms.